The molecule has 6 nitrogen and oxygen atoms in total. The zero-order valence-corrected chi connectivity index (χ0v) is 12.6. The Morgan fingerprint density at radius 1 is 0.792 bits per heavy atom. The van der Waals surface area contributed by atoms with Gasteiger partial charge in [-0.2, -0.15) is 0 Å². The highest BCUT2D eigenvalue weighted by Crippen LogP contribution is 2.13. The Balaban J connectivity index is 1.72. The van der Waals surface area contributed by atoms with E-state index in [0.29, 0.717) is 22.6 Å². The predicted octanol–water partition coefficient (Wildman–Crippen LogP) is 2.98. The summed E-state index contributed by atoms with van der Waals surface area (Å²) in [5.41, 5.74) is 1.39. The molecule has 0 spiro atoms. The van der Waals surface area contributed by atoms with Crippen molar-refractivity contribution in [1.29, 1.82) is 0 Å². The second kappa shape index (κ2) is 7.15. The molecule has 3 aromatic rings. The van der Waals surface area contributed by atoms with E-state index in [0.717, 1.165) is 0 Å². The second-order valence-corrected chi connectivity index (χ2v) is 4.95. The Kier molecular flexibility index (Phi) is 4.57. The van der Waals surface area contributed by atoms with Gasteiger partial charge >= 0.3 is 0 Å². The number of hydrogen-bond donors (Lipinski definition) is 2. The van der Waals surface area contributed by atoms with E-state index in [4.69, 9.17) is 0 Å². The summed E-state index contributed by atoms with van der Waals surface area (Å²) in [4.78, 5) is 32.3. The van der Waals surface area contributed by atoms with Crippen molar-refractivity contribution in [3.8, 4) is 0 Å². The van der Waals surface area contributed by atoms with Crippen molar-refractivity contribution in [2.24, 2.45) is 0 Å². The summed E-state index contributed by atoms with van der Waals surface area (Å²) in [7, 11) is 0. The molecule has 0 unspecified atom stereocenters. The van der Waals surface area contributed by atoms with Crippen LogP contribution in [0.3, 0.4) is 0 Å². The minimum absolute atomic E-state index is 0.287. The maximum Gasteiger partial charge on any atom is 0.257 e. The van der Waals surface area contributed by atoms with Gasteiger partial charge in [-0.25, -0.2) is 4.98 Å². The predicted molar refractivity (Wildman–Crippen MR) is 90.8 cm³/mol. The smallest absolute Gasteiger partial charge is 0.257 e. The van der Waals surface area contributed by atoms with Crippen molar-refractivity contribution in [3.05, 3.63) is 84.3 Å². The summed E-state index contributed by atoms with van der Waals surface area (Å²) in [5, 5.41) is 5.44. The number of anilines is 2. The molecule has 2 amide bonds. The largest absolute Gasteiger partial charge is 0.322 e. The van der Waals surface area contributed by atoms with Crippen LogP contribution in [0.4, 0.5) is 11.5 Å². The van der Waals surface area contributed by atoms with Gasteiger partial charge in [-0.3, -0.25) is 14.6 Å². The summed E-state index contributed by atoms with van der Waals surface area (Å²) >= 11 is 0. The maximum atomic E-state index is 12.2. The topological polar surface area (TPSA) is 84.0 Å². The lowest BCUT2D eigenvalue weighted by atomic mass is 10.1. The minimum Gasteiger partial charge on any atom is -0.322 e. The van der Waals surface area contributed by atoms with Gasteiger partial charge in [0.25, 0.3) is 11.8 Å². The third-order valence-corrected chi connectivity index (χ3v) is 3.21. The highest BCUT2D eigenvalue weighted by molar-refractivity contribution is 6.07. The molecule has 0 aliphatic carbocycles. The third-order valence-electron chi connectivity index (χ3n) is 3.21. The molecule has 0 bridgehead atoms. The molecule has 0 saturated heterocycles. The number of aromatic nitrogens is 2. The lowest BCUT2D eigenvalue weighted by Crippen LogP contribution is -2.15. The molecule has 0 atom stereocenters. The number of nitrogens with zero attached hydrogens (tertiary/aromatic N) is 2. The lowest BCUT2D eigenvalue weighted by Gasteiger charge is -2.08. The SMILES string of the molecule is O=C(Nc1cccc(C(=O)Nc2ccccn2)c1)c1cccnc1. The molecule has 2 heterocycles. The zero-order chi connectivity index (χ0) is 16.8. The van der Waals surface area contributed by atoms with Crippen LogP contribution in [-0.4, -0.2) is 21.8 Å². The van der Waals surface area contributed by atoms with Crippen LogP contribution < -0.4 is 10.6 Å². The first kappa shape index (κ1) is 15.4. The van der Waals surface area contributed by atoms with Crippen molar-refractivity contribution in [2.45, 2.75) is 0 Å². The highest BCUT2D eigenvalue weighted by atomic mass is 16.2. The van der Waals surface area contributed by atoms with E-state index in [-0.39, 0.29) is 11.8 Å². The van der Waals surface area contributed by atoms with Crippen LogP contribution >= 0.6 is 0 Å². The normalized spacial score (nSPS) is 10.0. The Morgan fingerprint density at radius 2 is 1.62 bits per heavy atom. The third kappa shape index (κ3) is 3.80. The van der Waals surface area contributed by atoms with Gasteiger partial charge in [0, 0.05) is 29.8 Å². The van der Waals surface area contributed by atoms with Gasteiger partial charge in [0.1, 0.15) is 5.82 Å². The number of carbonyl (C=O) groups is 2. The Hall–Kier alpha value is -3.54. The molecule has 0 radical (unpaired) electrons. The number of amides is 2. The van der Waals surface area contributed by atoms with Crippen LogP contribution in [0.15, 0.2) is 73.2 Å². The standard InChI is InChI=1S/C18H14N4O2/c23-17(22-16-8-1-2-10-20-16)13-5-3-7-15(11-13)21-18(24)14-6-4-9-19-12-14/h1-12H,(H,21,24)(H,20,22,23). The number of carbonyl (C=O) groups excluding carboxylic acids is 2. The number of hydrogen-bond acceptors (Lipinski definition) is 4. The molecule has 1 aromatic carbocycles. The van der Waals surface area contributed by atoms with E-state index < -0.39 is 0 Å². The first-order chi connectivity index (χ1) is 11.7. The van der Waals surface area contributed by atoms with Crippen molar-refractivity contribution < 1.29 is 9.59 Å². The fourth-order valence-corrected chi connectivity index (χ4v) is 2.06. The molecule has 0 aliphatic rings. The van der Waals surface area contributed by atoms with Crippen LogP contribution in [0.5, 0.6) is 0 Å². The first-order valence-electron chi connectivity index (χ1n) is 7.26. The first-order valence-corrected chi connectivity index (χ1v) is 7.26. The molecule has 6 heteroatoms. The number of rotatable bonds is 4. The van der Waals surface area contributed by atoms with Gasteiger partial charge in [0.15, 0.2) is 0 Å². The number of nitrogens with one attached hydrogen (secondary N) is 2. The Morgan fingerprint density at radius 3 is 2.38 bits per heavy atom. The fourth-order valence-electron chi connectivity index (χ4n) is 2.06. The molecule has 2 aromatic heterocycles. The van der Waals surface area contributed by atoms with Crippen LogP contribution in [0, 0.1) is 0 Å². The Labute approximate surface area is 138 Å². The second-order valence-electron chi connectivity index (χ2n) is 4.95. The molecule has 118 valence electrons. The molecule has 0 fully saturated rings. The summed E-state index contributed by atoms with van der Waals surface area (Å²) in [6, 6.07) is 15.3. The minimum atomic E-state index is -0.300. The fraction of sp³-hybridized carbons (Fsp3) is 0. The summed E-state index contributed by atoms with van der Waals surface area (Å²) in [5.74, 6) is -0.121. The highest BCUT2D eigenvalue weighted by Gasteiger charge is 2.10. The molecule has 24 heavy (non-hydrogen) atoms. The van der Waals surface area contributed by atoms with Gasteiger partial charge in [-0.05, 0) is 42.5 Å². The molecule has 0 saturated carbocycles. The average Bonchev–Trinajstić information content (AvgIpc) is 2.63. The number of pyridine rings is 2. The number of benzene rings is 1. The monoisotopic (exact) mass is 318 g/mol. The van der Waals surface area contributed by atoms with Crippen LogP contribution in [0.2, 0.25) is 0 Å². The van der Waals surface area contributed by atoms with Crippen molar-refractivity contribution in [3.63, 3.8) is 0 Å². The van der Waals surface area contributed by atoms with Gasteiger partial charge in [0.2, 0.25) is 0 Å². The molecule has 2 N–H and O–H groups in total. The van der Waals surface area contributed by atoms with Crippen LogP contribution in [0.25, 0.3) is 0 Å². The summed E-state index contributed by atoms with van der Waals surface area (Å²) < 4.78 is 0. The van der Waals surface area contributed by atoms with Crippen molar-refractivity contribution in [2.75, 3.05) is 10.6 Å². The van der Waals surface area contributed by atoms with E-state index in [1.54, 1.807) is 67.0 Å². The van der Waals surface area contributed by atoms with E-state index in [2.05, 4.69) is 20.6 Å². The van der Waals surface area contributed by atoms with Crippen LogP contribution in [-0.2, 0) is 0 Å². The molecular weight excluding hydrogens is 304 g/mol. The van der Waals surface area contributed by atoms with E-state index in [1.165, 1.54) is 6.20 Å². The van der Waals surface area contributed by atoms with Gasteiger partial charge in [-0.1, -0.05) is 12.1 Å². The average molecular weight is 318 g/mol. The van der Waals surface area contributed by atoms with E-state index >= 15 is 0 Å². The molecular formula is C18H14N4O2. The van der Waals surface area contributed by atoms with E-state index in [9.17, 15) is 9.59 Å². The van der Waals surface area contributed by atoms with Crippen molar-refractivity contribution >= 4 is 23.3 Å². The van der Waals surface area contributed by atoms with Crippen LogP contribution in [0.1, 0.15) is 20.7 Å². The molecule has 3 rings (SSSR count). The van der Waals surface area contributed by atoms with Crippen molar-refractivity contribution in [1.82, 2.24) is 9.97 Å². The maximum absolute atomic E-state index is 12.2. The zero-order valence-electron chi connectivity index (χ0n) is 12.6. The summed E-state index contributed by atoms with van der Waals surface area (Å²) in [6.07, 6.45) is 4.67. The van der Waals surface area contributed by atoms with E-state index in [1.807, 2.05) is 0 Å². The Bertz CT molecular complexity index is 851. The van der Waals surface area contributed by atoms with Gasteiger partial charge in [-0.15, -0.1) is 0 Å². The van der Waals surface area contributed by atoms with Gasteiger partial charge < -0.3 is 10.6 Å². The summed E-state index contributed by atoms with van der Waals surface area (Å²) in [6.45, 7) is 0. The lowest BCUT2D eigenvalue weighted by molar-refractivity contribution is 0.101. The van der Waals surface area contributed by atoms with Gasteiger partial charge in [0.05, 0.1) is 5.56 Å². The molecule has 0 aliphatic heterocycles. The quantitative estimate of drug-likeness (QED) is 0.774.